The molecule has 0 atom stereocenters. The Bertz CT molecular complexity index is 936. The molecule has 1 saturated carbocycles. The summed E-state index contributed by atoms with van der Waals surface area (Å²) in [5.41, 5.74) is 1.47. The van der Waals surface area contributed by atoms with Crippen LogP contribution in [0.4, 0.5) is 0 Å². The molecule has 1 saturated heterocycles. The lowest BCUT2D eigenvalue weighted by molar-refractivity contribution is -0.149. The second kappa shape index (κ2) is 10.4. The molecule has 180 valence electrons. The molecule has 2 aromatic rings. The van der Waals surface area contributed by atoms with Crippen molar-refractivity contribution in [2.75, 3.05) is 19.7 Å². The van der Waals surface area contributed by atoms with Gasteiger partial charge in [-0.05, 0) is 93.5 Å². The zero-order valence-electron chi connectivity index (χ0n) is 20.8. The monoisotopic (exact) mass is 452 g/mol. The number of hydrogen-bond acceptors (Lipinski definition) is 5. The van der Waals surface area contributed by atoms with Crippen LogP contribution in [0.15, 0.2) is 30.5 Å². The standard InChI is InChI=1S/C28H40N2O3/c1-5-32-27(31)20-12-14-30(15-13-20)19-24-16-21-6-9-26(17-22(21)18-29-24)33-25-10-7-23(8-11-25)28(2,3)4/h6,9,16-18,20,23,25H,5,7-8,10-15,19H2,1-4H3/t23-,25-. The molecule has 5 heteroatoms. The van der Waals surface area contributed by atoms with Crippen LogP contribution in [0.5, 0.6) is 5.75 Å². The van der Waals surface area contributed by atoms with Gasteiger partial charge in [0.2, 0.25) is 0 Å². The van der Waals surface area contributed by atoms with Crippen molar-refractivity contribution in [1.82, 2.24) is 9.88 Å². The molecule has 0 bridgehead atoms. The Hall–Kier alpha value is -2.14. The van der Waals surface area contributed by atoms with E-state index >= 15 is 0 Å². The maximum atomic E-state index is 12.0. The molecule has 1 aromatic heterocycles. The van der Waals surface area contributed by atoms with Crippen LogP contribution in [0.2, 0.25) is 0 Å². The Balaban J connectivity index is 1.31. The minimum absolute atomic E-state index is 0.0405. The van der Waals surface area contributed by atoms with Crippen molar-refractivity contribution in [1.29, 1.82) is 0 Å². The van der Waals surface area contributed by atoms with Crippen molar-refractivity contribution in [3.8, 4) is 5.75 Å². The van der Waals surface area contributed by atoms with Gasteiger partial charge in [0.15, 0.2) is 0 Å². The molecule has 0 amide bonds. The zero-order chi connectivity index (χ0) is 23.4. The van der Waals surface area contributed by atoms with Gasteiger partial charge in [-0.25, -0.2) is 0 Å². The molecule has 2 heterocycles. The van der Waals surface area contributed by atoms with Crippen LogP contribution in [0.1, 0.15) is 71.9 Å². The summed E-state index contributed by atoms with van der Waals surface area (Å²) >= 11 is 0. The molecule has 1 aliphatic carbocycles. The van der Waals surface area contributed by atoms with Gasteiger partial charge in [-0.2, -0.15) is 0 Å². The van der Waals surface area contributed by atoms with E-state index in [-0.39, 0.29) is 11.9 Å². The third-order valence-electron chi connectivity index (χ3n) is 7.54. The van der Waals surface area contributed by atoms with E-state index in [9.17, 15) is 4.79 Å². The van der Waals surface area contributed by atoms with Crippen LogP contribution in [0.3, 0.4) is 0 Å². The van der Waals surface area contributed by atoms with E-state index in [1.807, 2.05) is 13.1 Å². The number of piperidine rings is 1. The molecule has 2 fully saturated rings. The summed E-state index contributed by atoms with van der Waals surface area (Å²) < 4.78 is 11.5. The Kier molecular flexibility index (Phi) is 7.58. The van der Waals surface area contributed by atoms with Gasteiger partial charge < -0.3 is 9.47 Å². The highest BCUT2D eigenvalue weighted by molar-refractivity contribution is 5.83. The lowest BCUT2D eigenvalue weighted by atomic mass is 9.72. The number of fused-ring (bicyclic) bond motifs is 1. The van der Waals surface area contributed by atoms with Crippen LogP contribution in [-0.2, 0) is 16.1 Å². The third kappa shape index (κ3) is 6.26. The van der Waals surface area contributed by atoms with Crippen LogP contribution < -0.4 is 4.74 Å². The van der Waals surface area contributed by atoms with Gasteiger partial charge in [-0.1, -0.05) is 26.8 Å². The number of ether oxygens (including phenoxy) is 2. The second-order valence-electron chi connectivity index (χ2n) is 10.9. The van der Waals surface area contributed by atoms with E-state index in [1.54, 1.807) is 0 Å². The average molecular weight is 453 g/mol. The van der Waals surface area contributed by atoms with Gasteiger partial charge in [0.1, 0.15) is 5.75 Å². The van der Waals surface area contributed by atoms with Crippen molar-refractivity contribution >= 4 is 16.7 Å². The van der Waals surface area contributed by atoms with Gasteiger partial charge in [-0.15, -0.1) is 0 Å². The van der Waals surface area contributed by atoms with Crippen molar-refractivity contribution < 1.29 is 14.3 Å². The van der Waals surface area contributed by atoms with Crippen molar-refractivity contribution in [2.24, 2.45) is 17.3 Å². The minimum Gasteiger partial charge on any atom is -0.490 e. The largest absolute Gasteiger partial charge is 0.490 e. The first-order chi connectivity index (χ1) is 15.8. The van der Waals surface area contributed by atoms with Crippen LogP contribution in [-0.4, -0.2) is 41.7 Å². The number of benzene rings is 1. The fourth-order valence-corrected chi connectivity index (χ4v) is 5.38. The molecule has 5 nitrogen and oxygen atoms in total. The predicted octanol–water partition coefficient (Wildman–Crippen LogP) is 5.99. The van der Waals surface area contributed by atoms with E-state index < -0.39 is 0 Å². The summed E-state index contributed by atoms with van der Waals surface area (Å²) in [6.45, 7) is 12.0. The van der Waals surface area contributed by atoms with Crippen LogP contribution >= 0.6 is 0 Å². The second-order valence-corrected chi connectivity index (χ2v) is 10.9. The lowest BCUT2D eigenvalue weighted by Gasteiger charge is -2.37. The summed E-state index contributed by atoms with van der Waals surface area (Å²) in [5.74, 6) is 1.76. The molecule has 0 radical (unpaired) electrons. The van der Waals surface area contributed by atoms with Crippen molar-refractivity contribution in [3.63, 3.8) is 0 Å². The summed E-state index contributed by atoms with van der Waals surface area (Å²) in [7, 11) is 0. The third-order valence-corrected chi connectivity index (χ3v) is 7.54. The van der Waals surface area contributed by atoms with E-state index in [1.165, 1.54) is 18.2 Å². The molecular weight excluding hydrogens is 412 g/mol. The first-order valence-electron chi connectivity index (χ1n) is 12.8. The highest BCUT2D eigenvalue weighted by Gasteiger charge is 2.30. The minimum atomic E-state index is -0.0405. The average Bonchev–Trinajstić information content (AvgIpc) is 2.79. The normalized spacial score (nSPS) is 22.9. The molecule has 4 rings (SSSR count). The van der Waals surface area contributed by atoms with Crippen molar-refractivity contribution in [3.05, 3.63) is 36.2 Å². The van der Waals surface area contributed by atoms with Gasteiger partial charge in [0.05, 0.1) is 24.3 Å². The Morgan fingerprint density at radius 2 is 1.76 bits per heavy atom. The molecule has 1 aromatic carbocycles. The Morgan fingerprint density at radius 3 is 2.42 bits per heavy atom. The molecule has 0 N–H and O–H groups in total. The lowest BCUT2D eigenvalue weighted by Crippen LogP contribution is -2.36. The summed E-state index contributed by atoms with van der Waals surface area (Å²) in [6.07, 6.45) is 8.82. The molecule has 0 spiro atoms. The first-order valence-corrected chi connectivity index (χ1v) is 12.8. The van der Waals surface area contributed by atoms with Gasteiger partial charge >= 0.3 is 5.97 Å². The molecular formula is C28H40N2O3. The smallest absolute Gasteiger partial charge is 0.309 e. The predicted molar refractivity (Wildman–Crippen MR) is 132 cm³/mol. The molecule has 1 aliphatic heterocycles. The van der Waals surface area contributed by atoms with E-state index in [0.717, 1.165) is 68.1 Å². The number of nitrogens with zero attached hydrogens (tertiary/aromatic N) is 2. The number of pyridine rings is 1. The maximum Gasteiger partial charge on any atom is 0.309 e. The number of esters is 1. The van der Waals surface area contributed by atoms with E-state index in [2.05, 4.69) is 49.9 Å². The number of hydrogen-bond donors (Lipinski definition) is 0. The molecule has 0 unspecified atom stereocenters. The Morgan fingerprint density at radius 1 is 1.03 bits per heavy atom. The molecule has 2 aliphatic rings. The number of aromatic nitrogens is 1. The van der Waals surface area contributed by atoms with E-state index in [4.69, 9.17) is 14.5 Å². The number of rotatable bonds is 6. The van der Waals surface area contributed by atoms with Crippen LogP contribution in [0, 0.1) is 17.3 Å². The fourth-order valence-electron chi connectivity index (χ4n) is 5.38. The number of likely N-dealkylation sites (tertiary alicyclic amines) is 1. The first kappa shape index (κ1) is 24.0. The zero-order valence-corrected chi connectivity index (χ0v) is 20.8. The summed E-state index contributed by atoms with van der Waals surface area (Å²) in [4.78, 5) is 19.1. The van der Waals surface area contributed by atoms with Gasteiger partial charge in [-0.3, -0.25) is 14.7 Å². The SMILES string of the molecule is CCOC(=O)C1CCN(Cc2cc3ccc(O[C@H]4CC[C@H](C(C)(C)C)CC4)cc3cn2)CC1. The van der Waals surface area contributed by atoms with E-state index in [0.29, 0.717) is 18.1 Å². The quantitative estimate of drug-likeness (QED) is 0.504. The summed E-state index contributed by atoms with van der Waals surface area (Å²) in [5, 5.41) is 2.32. The van der Waals surface area contributed by atoms with Crippen molar-refractivity contribution in [2.45, 2.75) is 78.9 Å². The topological polar surface area (TPSA) is 51.7 Å². The van der Waals surface area contributed by atoms with Crippen LogP contribution in [0.25, 0.3) is 10.8 Å². The molecule has 33 heavy (non-hydrogen) atoms. The summed E-state index contributed by atoms with van der Waals surface area (Å²) in [6, 6.07) is 8.58. The number of carbonyl (C=O) groups excluding carboxylic acids is 1. The highest BCUT2D eigenvalue weighted by atomic mass is 16.5. The number of carbonyl (C=O) groups is 1. The highest BCUT2D eigenvalue weighted by Crippen LogP contribution is 2.39. The Labute approximate surface area is 198 Å². The fraction of sp³-hybridized carbons (Fsp3) is 0.643. The maximum absolute atomic E-state index is 12.0. The van der Waals surface area contributed by atoms with Gasteiger partial charge in [0, 0.05) is 18.1 Å². The van der Waals surface area contributed by atoms with Gasteiger partial charge in [0.25, 0.3) is 0 Å².